The molecule has 0 atom stereocenters. The zero-order valence-electron chi connectivity index (χ0n) is 7.81. The molecule has 0 amide bonds. The molecule has 0 heterocycles. The quantitative estimate of drug-likeness (QED) is 0.603. The molecule has 1 aliphatic carbocycles. The van der Waals surface area contributed by atoms with Gasteiger partial charge in [0.1, 0.15) is 0 Å². The van der Waals surface area contributed by atoms with E-state index in [1.54, 1.807) is 7.11 Å². The van der Waals surface area contributed by atoms with E-state index in [0.29, 0.717) is 6.42 Å². The smallest absolute Gasteiger partial charge is 0.0679 e. The molecule has 0 aliphatic heterocycles. The number of rotatable bonds is 4. The SMILES string of the molecule is COC1(CCCC#N)CCCC1. The Morgan fingerprint density at radius 2 is 2.08 bits per heavy atom. The first-order valence-corrected chi connectivity index (χ1v) is 4.75. The normalized spacial score (nSPS) is 20.7. The van der Waals surface area contributed by atoms with Gasteiger partial charge in [0.05, 0.1) is 11.7 Å². The summed E-state index contributed by atoms with van der Waals surface area (Å²) in [6.07, 6.45) is 7.69. The Kier molecular flexibility index (Phi) is 3.55. The molecule has 2 nitrogen and oxygen atoms in total. The molecule has 1 rings (SSSR count). The van der Waals surface area contributed by atoms with Crippen molar-refractivity contribution >= 4 is 0 Å². The van der Waals surface area contributed by atoms with Gasteiger partial charge in [0.25, 0.3) is 0 Å². The molecular weight excluding hydrogens is 150 g/mol. The molecule has 0 aromatic rings. The van der Waals surface area contributed by atoms with Crippen molar-refractivity contribution in [1.82, 2.24) is 0 Å². The largest absolute Gasteiger partial charge is 0.378 e. The molecular formula is C10H17NO. The molecule has 0 aromatic carbocycles. The monoisotopic (exact) mass is 167 g/mol. The van der Waals surface area contributed by atoms with E-state index in [2.05, 4.69) is 6.07 Å². The van der Waals surface area contributed by atoms with Crippen LogP contribution in [0.4, 0.5) is 0 Å². The highest BCUT2D eigenvalue weighted by Gasteiger charge is 2.32. The number of nitriles is 1. The van der Waals surface area contributed by atoms with E-state index in [4.69, 9.17) is 10.00 Å². The number of hydrogen-bond acceptors (Lipinski definition) is 2. The summed E-state index contributed by atoms with van der Waals surface area (Å²) in [6.45, 7) is 0. The van der Waals surface area contributed by atoms with Gasteiger partial charge in [-0.15, -0.1) is 0 Å². The van der Waals surface area contributed by atoms with Crippen LogP contribution in [0.1, 0.15) is 44.9 Å². The molecule has 68 valence electrons. The lowest BCUT2D eigenvalue weighted by molar-refractivity contribution is -0.0124. The number of unbranched alkanes of at least 4 members (excludes halogenated alkanes) is 1. The van der Waals surface area contributed by atoms with E-state index < -0.39 is 0 Å². The van der Waals surface area contributed by atoms with Crippen molar-refractivity contribution in [3.63, 3.8) is 0 Å². The van der Waals surface area contributed by atoms with Gasteiger partial charge in [0.2, 0.25) is 0 Å². The van der Waals surface area contributed by atoms with Gasteiger partial charge in [-0.1, -0.05) is 12.8 Å². The summed E-state index contributed by atoms with van der Waals surface area (Å²) >= 11 is 0. The van der Waals surface area contributed by atoms with Crippen molar-refractivity contribution in [2.45, 2.75) is 50.5 Å². The topological polar surface area (TPSA) is 33.0 Å². The molecule has 0 N–H and O–H groups in total. The fraction of sp³-hybridized carbons (Fsp3) is 0.900. The standard InChI is InChI=1S/C10H17NO/c1-12-10(6-2-3-7-10)8-4-5-9-11/h2-8H2,1H3. The summed E-state index contributed by atoms with van der Waals surface area (Å²) < 4.78 is 5.54. The van der Waals surface area contributed by atoms with Gasteiger partial charge in [-0.3, -0.25) is 0 Å². The number of hydrogen-bond donors (Lipinski definition) is 0. The highest BCUT2D eigenvalue weighted by atomic mass is 16.5. The molecule has 1 aliphatic rings. The third-order valence-corrected chi connectivity index (χ3v) is 2.87. The van der Waals surface area contributed by atoms with E-state index in [1.165, 1.54) is 25.7 Å². The van der Waals surface area contributed by atoms with Crippen LogP contribution in [0.2, 0.25) is 0 Å². The molecule has 2 heteroatoms. The molecule has 0 spiro atoms. The second-order valence-electron chi connectivity index (χ2n) is 3.61. The van der Waals surface area contributed by atoms with Crippen LogP contribution in [0.5, 0.6) is 0 Å². The summed E-state index contributed by atoms with van der Waals surface area (Å²) in [6, 6.07) is 2.18. The Balaban J connectivity index is 2.30. The van der Waals surface area contributed by atoms with E-state index in [9.17, 15) is 0 Å². The minimum atomic E-state index is 0.136. The second-order valence-corrected chi connectivity index (χ2v) is 3.61. The summed E-state index contributed by atoms with van der Waals surface area (Å²) in [4.78, 5) is 0. The van der Waals surface area contributed by atoms with E-state index >= 15 is 0 Å². The third-order valence-electron chi connectivity index (χ3n) is 2.87. The van der Waals surface area contributed by atoms with Crippen LogP contribution in [0, 0.1) is 11.3 Å². The van der Waals surface area contributed by atoms with Crippen LogP contribution in [0.3, 0.4) is 0 Å². The molecule has 1 saturated carbocycles. The summed E-state index contributed by atoms with van der Waals surface area (Å²) in [7, 11) is 1.80. The van der Waals surface area contributed by atoms with Gasteiger partial charge in [-0.2, -0.15) is 5.26 Å². The lowest BCUT2D eigenvalue weighted by Crippen LogP contribution is -2.26. The van der Waals surface area contributed by atoms with Crippen molar-refractivity contribution in [2.75, 3.05) is 7.11 Å². The Hall–Kier alpha value is -0.550. The van der Waals surface area contributed by atoms with E-state index in [1.807, 2.05) is 0 Å². The molecule has 0 radical (unpaired) electrons. The van der Waals surface area contributed by atoms with Crippen LogP contribution in [-0.2, 0) is 4.74 Å². The highest BCUT2D eigenvalue weighted by Crippen LogP contribution is 2.36. The van der Waals surface area contributed by atoms with Crippen LogP contribution in [0.15, 0.2) is 0 Å². The average Bonchev–Trinajstić information content (AvgIpc) is 2.55. The van der Waals surface area contributed by atoms with Crippen LogP contribution < -0.4 is 0 Å². The van der Waals surface area contributed by atoms with Crippen molar-refractivity contribution in [3.05, 3.63) is 0 Å². The highest BCUT2D eigenvalue weighted by molar-refractivity contribution is 4.86. The van der Waals surface area contributed by atoms with E-state index in [0.717, 1.165) is 12.8 Å². The maximum Gasteiger partial charge on any atom is 0.0679 e. The van der Waals surface area contributed by atoms with Gasteiger partial charge in [-0.05, 0) is 25.7 Å². The van der Waals surface area contributed by atoms with Crippen LogP contribution in [-0.4, -0.2) is 12.7 Å². The first kappa shape index (κ1) is 9.54. The lowest BCUT2D eigenvalue weighted by Gasteiger charge is -2.26. The zero-order chi connectivity index (χ0) is 8.86. The third kappa shape index (κ3) is 2.22. The summed E-state index contributed by atoms with van der Waals surface area (Å²) in [5, 5.41) is 8.41. The minimum Gasteiger partial charge on any atom is -0.378 e. The maximum absolute atomic E-state index is 8.41. The minimum absolute atomic E-state index is 0.136. The molecule has 0 aromatic heterocycles. The molecule has 0 unspecified atom stereocenters. The summed E-state index contributed by atoms with van der Waals surface area (Å²) in [5.41, 5.74) is 0.136. The molecule has 0 saturated heterocycles. The predicted octanol–water partition coefficient (Wildman–Crippen LogP) is 2.64. The first-order chi connectivity index (χ1) is 5.83. The Morgan fingerprint density at radius 3 is 2.58 bits per heavy atom. The maximum atomic E-state index is 8.41. The number of ether oxygens (including phenoxy) is 1. The van der Waals surface area contributed by atoms with Crippen LogP contribution in [0.25, 0.3) is 0 Å². The first-order valence-electron chi connectivity index (χ1n) is 4.75. The zero-order valence-corrected chi connectivity index (χ0v) is 7.81. The van der Waals surface area contributed by atoms with Gasteiger partial charge in [-0.25, -0.2) is 0 Å². The Bertz CT molecular complexity index is 165. The lowest BCUT2D eigenvalue weighted by atomic mass is 9.95. The van der Waals surface area contributed by atoms with Crippen molar-refractivity contribution in [2.24, 2.45) is 0 Å². The van der Waals surface area contributed by atoms with Gasteiger partial charge < -0.3 is 4.74 Å². The fourth-order valence-electron chi connectivity index (χ4n) is 2.07. The Labute approximate surface area is 74.5 Å². The fourth-order valence-corrected chi connectivity index (χ4v) is 2.07. The van der Waals surface area contributed by atoms with Gasteiger partial charge in [0.15, 0.2) is 0 Å². The molecule has 0 bridgehead atoms. The van der Waals surface area contributed by atoms with Gasteiger partial charge in [0, 0.05) is 13.5 Å². The Morgan fingerprint density at radius 1 is 1.42 bits per heavy atom. The molecule has 12 heavy (non-hydrogen) atoms. The van der Waals surface area contributed by atoms with Crippen molar-refractivity contribution in [3.8, 4) is 6.07 Å². The number of methoxy groups -OCH3 is 1. The van der Waals surface area contributed by atoms with Gasteiger partial charge >= 0.3 is 0 Å². The van der Waals surface area contributed by atoms with Crippen molar-refractivity contribution < 1.29 is 4.74 Å². The van der Waals surface area contributed by atoms with Crippen LogP contribution >= 0.6 is 0 Å². The number of nitrogens with zero attached hydrogens (tertiary/aromatic N) is 1. The van der Waals surface area contributed by atoms with Crippen molar-refractivity contribution in [1.29, 1.82) is 5.26 Å². The molecule has 1 fully saturated rings. The predicted molar refractivity (Wildman–Crippen MR) is 47.7 cm³/mol. The average molecular weight is 167 g/mol. The summed E-state index contributed by atoms with van der Waals surface area (Å²) in [5.74, 6) is 0. The second kappa shape index (κ2) is 4.47. The van der Waals surface area contributed by atoms with E-state index in [-0.39, 0.29) is 5.60 Å².